The van der Waals surface area contributed by atoms with Crippen LogP contribution in [-0.4, -0.2) is 82.1 Å². The van der Waals surface area contributed by atoms with E-state index in [0.717, 1.165) is 51.1 Å². The second kappa shape index (κ2) is 10.2. The molecule has 0 aliphatic carbocycles. The summed E-state index contributed by atoms with van der Waals surface area (Å²) in [5, 5.41) is 3.39. The van der Waals surface area contributed by atoms with E-state index in [4.69, 9.17) is 4.74 Å². The van der Waals surface area contributed by atoms with Gasteiger partial charge >= 0.3 is 0 Å². The van der Waals surface area contributed by atoms with Gasteiger partial charge in [0.1, 0.15) is 6.04 Å². The number of hydrogen-bond acceptors (Lipinski definition) is 6. The maximum atomic E-state index is 13.3. The molecule has 9 heteroatoms. The minimum atomic E-state index is -3.62. The summed E-state index contributed by atoms with van der Waals surface area (Å²) in [6, 6.07) is 4.86. The van der Waals surface area contributed by atoms with E-state index in [-0.39, 0.29) is 10.8 Å². The Kier molecular flexibility index (Phi) is 7.50. The molecule has 3 saturated heterocycles. The largest absolute Gasteiger partial charge is 0.379 e. The number of nitrogens with zero attached hydrogens (tertiary/aromatic N) is 3. The van der Waals surface area contributed by atoms with Crippen molar-refractivity contribution in [2.45, 2.75) is 51.0 Å². The topological polar surface area (TPSA) is 82.2 Å². The van der Waals surface area contributed by atoms with Gasteiger partial charge in [0.05, 0.1) is 29.5 Å². The maximum Gasteiger partial charge on any atom is 0.244 e. The van der Waals surface area contributed by atoms with Crippen molar-refractivity contribution in [2.24, 2.45) is 11.8 Å². The Hall–Kier alpha value is -1.84. The monoisotopic (exact) mass is 478 g/mol. The summed E-state index contributed by atoms with van der Waals surface area (Å²) < 4.78 is 33.3. The number of amides is 1. The Morgan fingerprint density at radius 1 is 1.06 bits per heavy atom. The van der Waals surface area contributed by atoms with Crippen LogP contribution in [0.25, 0.3) is 0 Å². The molecule has 1 N–H and O–H groups in total. The molecule has 3 atom stereocenters. The molecule has 1 aromatic rings. The molecule has 0 bridgehead atoms. The molecule has 0 saturated carbocycles. The molecule has 0 unspecified atom stereocenters. The molecule has 0 aromatic heterocycles. The molecule has 3 aliphatic heterocycles. The van der Waals surface area contributed by atoms with Crippen molar-refractivity contribution >= 4 is 27.3 Å². The minimum Gasteiger partial charge on any atom is -0.379 e. The fourth-order valence-electron chi connectivity index (χ4n) is 5.37. The summed E-state index contributed by atoms with van der Waals surface area (Å²) in [6.07, 6.45) is 3.38. The third-order valence-corrected chi connectivity index (χ3v) is 8.84. The van der Waals surface area contributed by atoms with E-state index >= 15 is 0 Å². The van der Waals surface area contributed by atoms with Crippen molar-refractivity contribution in [3.8, 4) is 0 Å². The number of morpholine rings is 1. The van der Waals surface area contributed by atoms with Gasteiger partial charge in [0.15, 0.2) is 0 Å². The van der Waals surface area contributed by atoms with Crippen molar-refractivity contribution in [1.29, 1.82) is 0 Å². The van der Waals surface area contributed by atoms with Crippen molar-refractivity contribution in [2.75, 3.05) is 62.7 Å². The molecule has 0 radical (unpaired) electrons. The summed E-state index contributed by atoms with van der Waals surface area (Å²) in [7, 11) is -3.62. The van der Waals surface area contributed by atoms with Crippen LogP contribution in [0.4, 0.5) is 11.4 Å². The fraction of sp³-hybridized carbons (Fsp3) is 0.708. The fourth-order valence-corrected chi connectivity index (χ4v) is 6.81. The number of rotatable bonds is 6. The number of hydrogen-bond donors (Lipinski definition) is 1. The second-order valence-corrected chi connectivity index (χ2v) is 11.9. The molecule has 3 aliphatic rings. The molecular weight excluding hydrogens is 440 g/mol. The number of nitrogens with one attached hydrogen (secondary N) is 1. The lowest BCUT2D eigenvalue weighted by atomic mass is 9.91. The molecule has 33 heavy (non-hydrogen) atoms. The lowest BCUT2D eigenvalue weighted by Crippen LogP contribution is -2.48. The third kappa shape index (κ3) is 5.46. The zero-order valence-electron chi connectivity index (χ0n) is 20.1. The zero-order valence-corrected chi connectivity index (χ0v) is 20.9. The average Bonchev–Trinajstić information content (AvgIpc) is 3.33. The minimum absolute atomic E-state index is 0.0715. The van der Waals surface area contributed by atoms with Crippen LogP contribution in [-0.2, 0) is 19.6 Å². The average molecular weight is 479 g/mol. The first kappa shape index (κ1) is 24.3. The molecule has 3 fully saturated rings. The van der Waals surface area contributed by atoms with Gasteiger partial charge in [0.2, 0.25) is 15.9 Å². The van der Waals surface area contributed by atoms with Gasteiger partial charge in [-0.15, -0.1) is 0 Å². The highest BCUT2D eigenvalue weighted by atomic mass is 32.2. The van der Waals surface area contributed by atoms with E-state index in [1.54, 1.807) is 12.1 Å². The molecule has 3 heterocycles. The molecular formula is C24H38N4O4S. The number of ether oxygens (including phenoxy) is 1. The van der Waals surface area contributed by atoms with Gasteiger partial charge in [-0.2, -0.15) is 4.31 Å². The third-order valence-electron chi connectivity index (χ3n) is 6.95. The molecule has 8 nitrogen and oxygen atoms in total. The SMILES string of the molecule is C[C@@H]1C[C@H](C)CN(C(=O)[C@@H](C)Nc2cc(S(=O)(=O)N3CCOCC3)ccc2N2CCCC2)C1. The number of sulfonamides is 1. The van der Waals surface area contributed by atoms with Crippen LogP contribution < -0.4 is 10.2 Å². The first-order valence-corrected chi connectivity index (χ1v) is 13.7. The molecule has 4 rings (SSSR count). The summed E-state index contributed by atoms with van der Waals surface area (Å²) >= 11 is 0. The number of carbonyl (C=O) groups excluding carboxylic acids is 1. The van der Waals surface area contributed by atoms with Crippen molar-refractivity contribution in [3.63, 3.8) is 0 Å². The van der Waals surface area contributed by atoms with Crippen molar-refractivity contribution in [1.82, 2.24) is 9.21 Å². The predicted molar refractivity (Wildman–Crippen MR) is 130 cm³/mol. The van der Waals surface area contributed by atoms with Crippen molar-refractivity contribution < 1.29 is 17.9 Å². The van der Waals surface area contributed by atoms with E-state index in [2.05, 4.69) is 24.1 Å². The predicted octanol–water partition coefficient (Wildman–Crippen LogP) is 2.61. The van der Waals surface area contributed by atoms with Crippen molar-refractivity contribution in [3.05, 3.63) is 18.2 Å². The van der Waals surface area contributed by atoms with Gasteiger partial charge in [-0.25, -0.2) is 8.42 Å². The van der Waals surface area contributed by atoms with Gasteiger partial charge < -0.3 is 19.9 Å². The number of benzene rings is 1. The Morgan fingerprint density at radius 2 is 1.70 bits per heavy atom. The molecule has 1 aromatic carbocycles. The van der Waals surface area contributed by atoms with Gasteiger partial charge in [-0.1, -0.05) is 13.8 Å². The first-order chi connectivity index (χ1) is 15.8. The summed E-state index contributed by atoms with van der Waals surface area (Å²) in [5.74, 6) is 1.06. The summed E-state index contributed by atoms with van der Waals surface area (Å²) in [5.41, 5.74) is 1.68. The van der Waals surface area contributed by atoms with Crippen LogP contribution in [0.3, 0.4) is 0 Å². The second-order valence-electron chi connectivity index (χ2n) is 9.94. The number of carbonyl (C=O) groups is 1. The van der Waals surface area contributed by atoms with E-state index in [9.17, 15) is 13.2 Å². The quantitative estimate of drug-likeness (QED) is 0.677. The summed E-state index contributed by atoms with van der Waals surface area (Å²) in [6.45, 7) is 11.2. The highest BCUT2D eigenvalue weighted by Crippen LogP contribution is 2.33. The van der Waals surface area contributed by atoms with E-state index < -0.39 is 16.1 Å². The van der Waals surface area contributed by atoms with Crippen LogP contribution in [0.2, 0.25) is 0 Å². The summed E-state index contributed by atoms with van der Waals surface area (Å²) in [4.78, 5) is 17.8. The first-order valence-electron chi connectivity index (χ1n) is 12.3. The van der Waals surface area contributed by atoms with Crippen LogP contribution in [0.15, 0.2) is 23.1 Å². The Balaban J connectivity index is 1.59. The normalized spacial score (nSPS) is 25.8. The van der Waals surface area contributed by atoms with Crippen LogP contribution in [0.1, 0.15) is 40.0 Å². The van der Waals surface area contributed by atoms with Gasteiger partial charge in [-0.05, 0) is 56.2 Å². The van der Waals surface area contributed by atoms with Gasteiger partial charge in [-0.3, -0.25) is 4.79 Å². The highest BCUT2D eigenvalue weighted by Gasteiger charge is 2.31. The lowest BCUT2D eigenvalue weighted by Gasteiger charge is -2.37. The van der Waals surface area contributed by atoms with Crippen LogP contribution in [0, 0.1) is 11.8 Å². The highest BCUT2D eigenvalue weighted by molar-refractivity contribution is 7.89. The zero-order chi connectivity index (χ0) is 23.6. The maximum absolute atomic E-state index is 13.3. The van der Waals surface area contributed by atoms with Crippen LogP contribution >= 0.6 is 0 Å². The Morgan fingerprint density at radius 3 is 2.33 bits per heavy atom. The van der Waals surface area contributed by atoms with E-state index in [0.29, 0.717) is 43.8 Å². The molecule has 0 spiro atoms. The van der Waals surface area contributed by atoms with E-state index in [1.165, 1.54) is 4.31 Å². The number of piperidine rings is 1. The number of anilines is 2. The van der Waals surface area contributed by atoms with Gasteiger partial charge in [0.25, 0.3) is 0 Å². The standard InChI is InChI=1S/C24H38N4O4S/c1-18-14-19(2)17-27(16-18)24(29)20(3)25-22-15-21(6-7-23(22)26-8-4-5-9-26)33(30,31)28-10-12-32-13-11-28/h6-7,15,18-20,25H,4-5,8-14,16-17H2,1-3H3/t18-,19+,20-/m1/s1. The molecule has 1 amide bonds. The van der Waals surface area contributed by atoms with E-state index in [1.807, 2.05) is 17.9 Å². The Labute approximate surface area is 198 Å². The Bertz CT molecular complexity index is 932. The molecule has 184 valence electrons. The van der Waals surface area contributed by atoms with Crippen LogP contribution in [0.5, 0.6) is 0 Å². The smallest absolute Gasteiger partial charge is 0.244 e. The lowest BCUT2D eigenvalue weighted by molar-refractivity contribution is -0.134. The number of likely N-dealkylation sites (tertiary alicyclic amines) is 1. The van der Waals surface area contributed by atoms with Gasteiger partial charge in [0, 0.05) is 39.3 Å².